The van der Waals surface area contributed by atoms with Gasteiger partial charge < -0.3 is 10.6 Å². The van der Waals surface area contributed by atoms with Gasteiger partial charge in [-0.15, -0.1) is 10.2 Å². The Morgan fingerprint density at radius 2 is 2.07 bits per heavy atom. The Hall–Kier alpha value is -3.53. The van der Waals surface area contributed by atoms with Gasteiger partial charge in [0.2, 0.25) is 0 Å². The van der Waals surface area contributed by atoms with Crippen molar-refractivity contribution in [2.75, 3.05) is 18.4 Å². The fourth-order valence-corrected chi connectivity index (χ4v) is 2.47. The summed E-state index contributed by atoms with van der Waals surface area (Å²) >= 11 is 5.93. The van der Waals surface area contributed by atoms with Crippen LogP contribution in [0.2, 0.25) is 5.02 Å². The summed E-state index contributed by atoms with van der Waals surface area (Å²) in [5.41, 5.74) is 0.000911. The molecule has 0 saturated heterocycles. The molecule has 2 heterocycles. The van der Waals surface area contributed by atoms with Crippen molar-refractivity contribution in [3.05, 3.63) is 69.5 Å². The molecule has 3 rings (SSSR count). The zero-order valence-corrected chi connectivity index (χ0v) is 14.6. The first-order valence-corrected chi connectivity index (χ1v) is 8.22. The van der Waals surface area contributed by atoms with Crippen LogP contribution in [0.3, 0.4) is 0 Å². The van der Waals surface area contributed by atoms with Gasteiger partial charge in [-0.1, -0.05) is 11.6 Å². The van der Waals surface area contributed by atoms with Crippen LogP contribution in [0.25, 0.3) is 5.82 Å². The second-order valence-electron chi connectivity index (χ2n) is 5.33. The Kier molecular flexibility index (Phi) is 5.57. The van der Waals surface area contributed by atoms with Gasteiger partial charge in [0.05, 0.1) is 15.5 Å². The Labute approximate surface area is 158 Å². The lowest BCUT2D eigenvalue weighted by molar-refractivity contribution is -0.384. The molecule has 2 aromatic heterocycles. The molecular formula is C16H14ClN7O3. The molecule has 1 aromatic carbocycles. The number of anilines is 1. The Morgan fingerprint density at radius 1 is 1.22 bits per heavy atom. The number of aromatic nitrogens is 4. The van der Waals surface area contributed by atoms with Gasteiger partial charge in [0.15, 0.2) is 5.82 Å². The molecular weight excluding hydrogens is 374 g/mol. The number of carbonyl (C=O) groups excluding carboxylic acids is 1. The average molecular weight is 388 g/mol. The van der Waals surface area contributed by atoms with E-state index in [1.165, 1.54) is 12.1 Å². The normalized spacial score (nSPS) is 10.4. The summed E-state index contributed by atoms with van der Waals surface area (Å²) in [5.74, 6) is 0.719. The quantitative estimate of drug-likeness (QED) is 0.360. The van der Waals surface area contributed by atoms with Gasteiger partial charge >= 0.3 is 0 Å². The maximum Gasteiger partial charge on any atom is 0.270 e. The topological polar surface area (TPSA) is 128 Å². The van der Waals surface area contributed by atoms with Crippen LogP contribution in [-0.4, -0.2) is 43.9 Å². The van der Waals surface area contributed by atoms with E-state index in [9.17, 15) is 14.9 Å². The predicted molar refractivity (Wildman–Crippen MR) is 98.1 cm³/mol. The zero-order chi connectivity index (χ0) is 19.2. The molecule has 0 bridgehead atoms. The van der Waals surface area contributed by atoms with Crippen molar-refractivity contribution in [2.45, 2.75) is 0 Å². The molecule has 27 heavy (non-hydrogen) atoms. The van der Waals surface area contributed by atoms with E-state index in [0.29, 0.717) is 24.7 Å². The minimum Gasteiger partial charge on any atom is -0.367 e. The minimum absolute atomic E-state index is 0.0229. The monoisotopic (exact) mass is 387 g/mol. The third-order valence-electron chi connectivity index (χ3n) is 3.51. The van der Waals surface area contributed by atoms with E-state index < -0.39 is 10.8 Å². The van der Waals surface area contributed by atoms with Crippen LogP contribution in [0, 0.1) is 10.1 Å². The second-order valence-corrected chi connectivity index (χ2v) is 5.74. The molecule has 3 aromatic rings. The number of nitro groups is 1. The summed E-state index contributed by atoms with van der Waals surface area (Å²) < 4.78 is 1.59. The van der Waals surface area contributed by atoms with Crippen molar-refractivity contribution in [3.8, 4) is 5.82 Å². The van der Waals surface area contributed by atoms with Crippen LogP contribution in [0.1, 0.15) is 10.4 Å². The number of hydrogen-bond donors (Lipinski definition) is 2. The average Bonchev–Trinajstić information content (AvgIpc) is 3.20. The third kappa shape index (κ3) is 4.55. The molecule has 0 spiro atoms. The van der Waals surface area contributed by atoms with E-state index >= 15 is 0 Å². The Balaban J connectivity index is 1.48. The molecule has 0 aliphatic heterocycles. The highest BCUT2D eigenvalue weighted by atomic mass is 35.5. The highest BCUT2D eigenvalue weighted by molar-refractivity contribution is 6.34. The van der Waals surface area contributed by atoms with E-state index in [1.54, 1.807) is 35.3 Å². The van der Waals surface area contributed by atoms with Crippen LogP contribution in [0.5, 0.6) is 0 Å². The summed E-state index contributed by atoms with van der Waals surface area (Å²) in [6.07, 6.45) is 3.41. The SMILES string of the molecule is O=C(NCCNc1ccc(-n2cccn2)nn1)c1ccc([N+](=O)[O-])cc1Cl. The fraction of sp³-hybridized carbons (Fsp3) is 0.125. The van der Waals surface area contributed by atoms with Crippen LogP contribution < -0.4 is 10.6 Å². The van der Waals surface area contributed by atoms with E-state index in [0.717, 1.165) is 6.07 Å². The molecule has 0 unspecified atom stereocenters. The molecule has 0 atom stereocenters. The number of hydrogen-bond acceptors (Lipinski definition) is 7. The lowest BCUT2D eigenvalue weighted by Gasteiger charge is -2.08. The van der Waals surface area contributed by atoms with Crippen LogP contribution >= 0.6 is 11.6 Å². The van der Waals surface area contributed by atoms with Gasteiger partial charge in [0.25, 0.3) is 11.6 Å². The molecule has 0 radical (unpaired) electrons. The van der Waals surface area contributed by atoms with Crippen LogP contribution in [-0.2, 0) is 0 Å². The minimum atomic E-state index is -0.573. The van der Waals surface area contributed by atoms with Crippen LogP contribution in [0.15, 0.2) is 48.8 Å². The summed E-state index contributed by atoms with van der Waals surface area (Å²) in [6.45, 7) is 0.709. The summed E-state index contributed by atoms with van der Waals surface area (Å²) in [6, 6.07) is 8.99. The fourth-order valence-electron chi connectivity index (χ4n) is 2.21. The van der Waals surface area contributed by atoms with E-state index in [2.05, 4.69) is 25.9 Å². The van der Waals surface area contributed by atoms with Gasteiger partial charge in [-0.25, -0.2) is 4.68 Å². The van der Waals surface area contributed by atoms with E-state index in [4.69, 9.17) is 11.6 Å². The number of non-ortho nitro benzene ring substituents is 1. The summed E-state index contributed by atoms with van der Waals surface area (Å²) in [7, 11) is 0. The van der Waals surface area contributed by atoms with Gasteiger partial charge in [0.1, 0.15) is 5.82 Å². The van der Waals surface area contributed by atoms with Crippen molar-refractivity contribution in [2.24, 2.45) is 0 Å². The van der Waals surface area contributed by atoms with E-state index in [1.807, 2.05) is 0 Å². The molecule has 0 saturated carbocycles. The third-order valence-corrected chi connectivity index (χ3v) is 3.83. The summed E-state index contributed by atoms with van der Waals surface area (Å²) in [4.78, 5) is 22.2. The number of nitrogens with zero attached hydrogens (tertiary/aromatic N) is 5. The second kappa shape index (κ2) is 8.23. The van der Waals surface area contributed by atoms with Crippen molar-refractivity contribution in [1.29, 1.82) is 0 Å². The smallest absolute Gasteiger partial charge is 0.270 e. The summed E-state index contributed by atoms with van der Waals surface area (Å²) in [5, 5.41) is 28.5. The lowest BCUT2D eigenvalue weighted by Crippen LogP contribution is -2.29. The van der Waals surface area contributed by atoms with Crippen molar-refractivity contribution < 1.29 is 9.72 Å². The predicted octanol–water partition coefficient (Wildman–Crippen LogP) is 2.07. The highest BCUT2D eigenvalue weighted by Crippen LogP contribution is 2.22. The number of nitrogens with one attached hydrogen (secondary N) is 2. The first kappa shape index (κ1) is 18.3. The Bertz CT molecular complexity index is 945. The number of halogens is 1. The van der Waals surface area contributed by atoms with Gasteiger partial charge in [-0.2, -0.15) is 5.10 Å². The van der Waals surface area contributed by atoms with Crippen molar-refractivity contribution >= 4 is 29.0 Å². The molecule has 0 aliphatic carbocycles. The molecule has 138 valence electrons. The molecule has 0 fully saturated rings. The van der Waals surface area contributed by atoms with Gasteiger partial charge in [0, 0.05) is 37.6 Å². The molecule has 10 nitrogen and oxygen atoms in total. The Morgan fingerprint density at radius 3 is 2.70 bits per heavy atom. The molecule has 2 N–H and O–H groups in total. The largest absolute Gasteiger partial charge is 0.367 e. The van der Waals surface area contributed by atoms with Crippen molar-refractivity contribution in [1.82, 2.24) is 25.3 Å². The first-order chi connectivity index (χ1) is 13.0. The van der Waals surface area contributed by atoms with Crippen LogP contribution in [0.4, 0.5) is 11.5 Å². The van der Waals surface area contributed by atoms with E-state index in [-0.39, 0.29) is 16.3 Å². The van der Waals surface area contributed by atoms with Gasteiger partial charge in [-0.3, -0.25) is 14.9 Å². The standard InChI is InChI=1S/C16H14ClN7O3/c17-13-10-11(24(26)27)2-3-12(13)16(25)19-8-7-18-14-4-5-15(22-21-14)23-9-1-6-20-23/h1-6,9-10H,7-8H2,(H,18,21)(H,19,25). The molecule has 11 heteroatoms. The van der Waals surface area contributed by atoms with Gasteiger partial charge in [-0.05, 0) is 24.3 Å². The highest BCUT2D eigenvalue weighted by Gasteiger charge is 2.14. The number of benzene rings is 1. The van der Waals surface area contributed by atoms with Crippen molar-refractivity contribution in [3.63, 3.8) is 0 Å². The maximum absolute atomic E-state index is 12.1. The number of nitro benzene ring substituents is 1. The lowest BCUT2D eigenvalue weighted by atomic mass is 10.2. The number of amides is 1. The number of rotatable bonds is 7. The first-order valence-electron chi connectivity index (χ1n) is 7.84. The molecule has 1 amide bonds. The zero-order valence-electron chi connectivity index (χ0n) is 13.9. The maximum atomic E-state index is 12.1. The number of carbonyl (C=O) groups is 1. The molecule has 0 aliphatic rings.